The van der Waals surface area contributed by atoms with Crippen molar-refractivity contribution in [3.8, 4) is 5.75 Å². The molecule has 2 N–H and O–H groups in total. The van der Waals surface area contributed by atoms with Crippen molar-refractivity contribution < 1.29 is 19.7 Å². The fourth-order valence-electron chi connectivity index (χ4n) is 0.657. The van der Waals surface area contributed by atoms with Gasteiger partial charge in [-0.25, -0.2) is 4.79 Å². The topological polar surface area (TPSA) is 66.8 Å². The smallest absolute Gasteiger partial charge is 0.368 e. The van der Waals surface area contributed by atoms with E-state index in [1.807, 2.05) is 0 Å². The van der Waals surface area contributed by atoms with Crippen molar-refractivity contribution in [3.05, 3.63) is 30.3 Å². The first-order valence-electron chi connectivity index (χ1n) is 3.33. The summed E-state index contributed by atoms with van der Waals surface area (Å²) in [7, 11) is 0. The number of para-hydroxylation sites is 1. The molecule has 1 aromatic carbocycles. The number of hydrogen-bond acceptors (Lipinski definition) is 4. The third-order valence-corrected chi connectivity index (χ3v) is 1.17. The van der Waals surface area contributed by atoms with E-state index in [9.17, 15) is 4.79 Å². The highest BCUT2D eigenvalue weighted by atomic mass is 16.6. The van der Waals surface area contributed by atoms with Gasteiger partial charge in [0.25, 0.3) is 6.29 Å². The Kier molecular flexibility index (Phi) is 2.79. The molecule has 0 atom stereocenters. The van der Waals surface area contributed by atoms with E-state index in [-0.39, 0.29) is 5.75 Å². The Hall–Kier alpha value is -1.39. The quantitative estimate of drug-likeness (QED) is 0.367. The lowest BCUT2D eigenvalue weighted by Crippen LogP contribution is -2.24. The van der Waals surface area contributed by atoms with E-state index < -0.39 is 12.3 Å². The molecule has 0 aromatic heterocycles. The summed E-state index contributed by atoms with van der Waals surface area (Å²) in [5, 5.41) is 16.7. The summed E-state index contributed by atoms with van der Waals surface area (Å²) >= 11 is 0. The van der Waals surface area contributed by atoms with E-state index in [1.54, 1.807) is 30.3 Å². The number of aliphatic hydroxyl groups excluding tert-OH is 1. The monoisotopic (exact) mass is 168 g/mol. The van der Waals surface area contributed by atoms with Crippen molar-refractivity contribution in [2.45, 2.75) is 6.29 Å². The highest BCUT2D eigenvalue weighted by Crippen LogP contribution is 2.08. The highest BCUT2D eigenvalue weighted by Gasteiger charge is 2.12. The first-order valence-corrected chi connectivity index (χ1v) is 3.33. The van der Waals surface area contributed by atoms with Gasteiger partial charge in [0.2, 0.25) is 0 Å². The largest absolute Gasteiger partial charge is 0.423 e. The maximum Gasteiger partial charge on any atom is 0.368 e. The van der Waals surface area contributed by atoms with Gasteiger partial charge in [0.05, 0.1) is 0 Å². The minimum atomic E-state index is -2.08. The SMILES string of the molecule is O=C(Oc1ccccc1)C(O)O. The average Bonchev–Trinajstić information content (AvgIpc) is 2.06. The zero-order chi connectivity index (χ0) is 8.97. The minimum absolute atomic E-state index is 0.288. The molecule has 0 fully saturated rings. The Bertz CT molecular complexity index is 255. The van der Waals surface area contributed by atoms with Crippen molar-refractivity contribution in [2.75, 3.05) is 0 Å². The van der Waals surface area contributed by atoms with E-state index in [0.29, 0.717) is 0 Å². The number of carbonyl (C=O) groups is 1. The molecule has 0 heterocycles. The molecule has 0 saturated heterocycles. The van der Waals surface area contributed by atoms with Gasteiger partial charge in [0.15, 0.2) is 0 Å². The van der Waals surface area contributed by atoms with Gasteiger partial charge in [0, 0.05) is 0 Å². The predicted molar refractivity (Wildman–Crippen MR) is 40.3 cm³/mol. The van der Waals surface area contributed by atoms with Crippen LogP contribution in [0.4, 0.5) is 0 Å². The Balaban J connectivity index is 2.59. The van der Waals surface area contributed by atoms with Crippen LogP contribution in [0.2, 0.25) is 0 Å². The van der Waals surface area contributed by atoms with E-state index in [2.05, 4.69) is 4.74 Å². The number of hydrogen-bond donors (Lipinski definition) is 2. The van der Waals surface area contributed by atoms with Gasteiger partial charge in [-0.1, -0.05) is 18.2 Å². The van der Waals surface area contributed by atoms with Crippen molar-refractivity contribution in [1.29, 1.82) is 0 Å². The molecule has 1 aromatic rings. The van der Waals surface area contributed by atoms with Crippen LogP contribution in [0.3, 0.4) is 0 Å². The lowest BCUT2D eigenvalue weighted by molar-refractivity contribution is -0.162. The first-order chi connectivity index (χ1) is 5.70. The maximum atomic E-state index is 10.6. The van der Waals surface area contributed by atoms with Crippen molar-refractivity contribution >= 4 is 5.97 Å². The van der Waals surface area contributed by atoms with Crippen molar-refractivity contribution in [2.24, 2.45) is 0 Å². The molecule has 64 valence electrons. The summed E-state index contributed by atoms with van der Waals surface area (Å²) in [6.07, 6.45) is -2.08. The lowest BCUT2D eigenvalue weighted by atomic mass is 10.3. The van der Waals surface area contributed by atoms with Crippen LogP contribution in [0.25, 0.3) is 0 Å². The molecule has 0 radical (unpaired) electrons. The normalized spacial score (nSPS) is 9.92. The Morgan fingerprint density at radius 2 is 1.83 bits per heavy atom. The van der Waals surface area contributed by atoms with Crippen molar-refractivity contribution in [3.63, 3.8) is 0 Å². The minimum Gasteiger partial charge on any atom is -0.423 e. The highest BCUT2D eigenvalue weighted by molar-refractivity contribution is 5.75. The van der Waals surface area contributed by atoms with Crippen LogP contribution < -0.4 is 4.74 Å². The lowest BCUT2D eigenvalue weighted by Gasteiger charge is -2.03. The van der Waals surface area contributed by atoms with E-state index in [4.69, 9.17) is 10.2 Å². The molecule has 4 nitrogen and oxygen atoms in total. The Morgan fingerprint density at radius 1 is 1.25 bits per heavy atom. The van der Waals surface area contributed by atoms with Crippen LogP contribution in [0, 0.1) is 0 Å². The van der Waals surface area contributed by atoms with Crippen molar-refractivity contribution in [1.82, 2.24) is 0 Å². The van der Waals surface area contributed by atoms with E-state index in [1.165, 1.54) is 0 Å². The molecule has 0 aliphatic carbocycles. The summed E-state index contributed by atoms with van der Waals surface area (Å²) in [5.74, 6) is -0.795. The van der Waals surface area contributed by atoms with Gasteiger partial charge >= 0.3 is 5.97 Å². The molecule has 0 aliphatic rings. The number of aliphatic hydroxyl groups is 2. The summed E-state index contributed by atoms with van der Waals surface area (Å²) in [6.45, 7) is 0. The second-order valence-electron chi connectivity index (χ2n) is 2.11. The summed E-state index contributed by atoms with van der Waals surface area (Å²) in [5.41, 5.74) is 0. The van der Waals surface area contributed by atoms with E-state index >= 15 is 0 Å². The zero-order valence-electron chi connectivity index (χ0n) is 6.18. The second-order valence-corrected chi connectivity index (χ2v) is 2.11. The third kappa shape index (κ3) is 2.34. The second kappa shape index (κ2) is 3.85. The van der Waals surface area contributed by atoms with Crippen LogP contribution in [0.15, 0.2) is 30.3 Å². The summed E-state index contributed by atoms with van der Waals surface area (Å²) in [6, 6.07) is 8.19. The molecule has 1 rings (SSSR count). The van der Waals surface area contributed by atoms with Crippen LogP contribution in [-0.4, -0.2) is 22.5 Å². The van der Waals surface area contributed by atoms with Gasteiger partial charge in [-0.2, -0.15) is 0 Å². The van der Waals surface area contributed by atoms with Crippen LogP contribution in [0.1, 0.15) is 0 Å². The average molecular weight is 168 g/mol. The molecular weight excluding hydrogens is 160 g/mol. The molecule has 0 aliphatic heterocycles. The van der Waals surface area contributed by atoms with Gasteiger partial charge in [-0.3, -0.25) is 0 Å². The number of esters is 1. The summed E-state index contributed by atoms with van der Waals surface area (Å²) < 4.78 is 4.54. The third-order valence-electron chi connectivity index (χ3n) is 1.17. The molecule has 0 unspecified atom stereocenters. The number of carbonyl (C=O) groups excluding carboxylic acids is 1. The fourth-order valence-corrected chi connectivity index (χ4v) is 0.657. The molecular formula is C8H8O4. The van der Waals surface area contributed by atoms with Crippen LogP contribution >= 0.6 is 0 Å². The van der Waals surface area contributed by atoms with Gasteiger partial charge in [-0.15, -0.1) is 0 Å². The molecule has 0 bridgehead atoms. The van der Waals surface area contributed by atoms with Gasteiger partial charge in [-0.05, 0) is 12.1 Å². The summed E-state index contributed by atoms with van der Waals surface area (Å²) in [4.78, 5) is 10.6. The van der Waals surface area contributed by atoms with Crippen LogP contribution in [-0.2, 0) is 4.79 Å². The standard InChI is InChI=1S/C8H8O4/c9-7(10)8(11)12-6-4-2-1-3-5-6/h1-5,7,9-10H. The maximum absolute atomic E-state index is 10.6. The van der Waals surface area contributed by atoms with Gasteiger partial charge in [0.1, 0.15) is 5.75 Å². The predicted octanol–water partition coefficient (Wildman–Crippen LogP) is -0.0973. The molecule has 0 saturated carbocycles. The zero-order valence-corrected chi connectivity index (χ0v) is 6.18. The molecule has 4 heteroatoms. The van der Waals surface area contributed by atoms with Crippen LogP contribution in [0.5, 0.6) is 5.75 Å². The molecule has 0 amide bonds. The first kappa shape index (κ1) is 8.70. The molecule has 0 spiro atoms. The van der Waals surface area contributed by atoms with E-state index in [0.717, 1.165) is 0 Å². The Morgan fingerprint density at radius 3 is 2.33 bits per heavy atom. The number of benzene rings is 1. The number of rotatable bonds is 2. The fraction of sp³-hybridized carbons (Fsp3) is 0.125. The number of ether oxygens (including phenoxy) is 1. The molecule has 12 heavy (non-hydrogen) atoms. The Labute approximate surface area is 69.0 Å². The van der Waals surface area contributed by atoms with Gasteiger partial charge < -0.3 is 14.9 Å².